The molecular formula is C24H37N3O4S. The summed E-state index contributed by atoms with van der Waals surface area (Å²) in [6.45, 7) is 9.32. The van der Waals surface area contributed by atoms with Crippen molar-refractivity contribution in [2.45, 2.75) is 70.7 Å². The van der Waals surface area contributed by atoms with Crippen LogP contribution in [0.3, 0.4) is 0 Å². The van der Waals surface area contributed by atoms with Gasteiger partial charge in [0.1, 0.15) is 0 Å². The third kappa shape index (κ3) is 5.70. The second kappa shape index (κ2) is 10.3. The van der Waals surface area contributed by atoms with Gasteiger partial charge in [-0.25, -0.2) is 8.42 Å². The molecule has 7 nitrogen and oxygen atoms in total. The van der Waals surface area contributed by atoms with Gasteiger partial charge in [-0.05, 0) is 49.3 Å². The zero-order chi connectivity index (χ0) is 23.5. The van der Waals surface area contributed by atoms with Crippen molar-refractivity contribution in [1.29, 1.82) is 0 Å². The Labute approximate surface area is 192 Å². The standard InChI is InChI=1S/C24H37N3O4S/c1-17-8-9-19(3)22(16-17)32(30,31)27-14-12-26(13-15-27)24(29)11-10-23(28)25-21-7-5-6-18(2)20(21)4/h8-9,16,18,20-21H,5-7,10-15H2,1-4H3,(H,25,28)/t18-,20-,21+/m0/s1. The molecule has 0 radical (unpaired) electrons. The maximum Gasteiger partial charge on any atom is 0.243 e. The molecule has 2 fully saturated rings. The van der Waals surface area contributed by atoms with Crippen molar-refractivity contribution in [2.75, 3.05) is 26.2 Å². The largest absolute Gasteiger partial charge is 0.353 e. The number of piperazine rings is 1. The van der Waals surface area contributed by atoms with E-state index in [0.717, 1.165) is 24.0 Å². The molecule has 1 aliphatic heterocycles. The Bertz CT molecular complexity index is 939. The van der Waals surface area contributed by atoms with Crippen LogP contribution in [0.25, 0.3) is 0 Å². The molecule has 3 atom stereocenters. The van der Waals surface area contributed by atoms with Gasteiger partial charge >= 0.3 is 0 Å². The van der Waals surface area contributed by atoms with Gasteiger partial charge < -0.3 is 10.2 Å². The fourth-order valence-corrected chi connectivity index (χ4v) is 6.48. The smallest absolute Gasteiger partial charge is 0.243 e. The first kappa shape index (κ1) is 24.7. The lowest BCUT2D eigenvalue weighted by Gasteiger charge is -2.35. The van der Waals surface area contributed by atoms with Gasteiger partial charge in [0.2, 0.25) is 21.8 Å². The van der Waals surface area contributed by atoms with E-state index in [1.807, 2.05) is 19.1 Å². The number of amides is 2. The second-order valence-electron chi connectivity index (χ2n) is 9.50. The van der Waals surface area contributed by atoms with Crippen molar-refractivity contribution >= 4 is 21.8 Å². The highest BCUT2D eigenvalue weighted by molar-refractivity contribution is 7.89. The summed E-state index contributed by atoms with van der Waals surface area (Å²) in [7, 11) is -3.59. The number of nitrogens with one attached hydrogen (secondary N) is 1. The summed E-state index contributed by atoms with van der Waals surface area (Å²) in [6.07, 6.45) is 3.67. The minimum Gasteiger partial charge on any atom is -0.353 e. The predicted octanol–water partition coefficient (Wildman–Crippen LogP) is 2.86. The van der Waals surface area contributed by atoms with E-state index in [9.17, 15) is 18.0 Å². The summed E-state index contributed by atoms with van der Waals surface area (Å²) in [5.41, 5.74) is 1.63. The molecule has 1 saturated heterocycles. The molecule has 3 rings (SSSR count). The number of hydrogen-bond acceptors (Lipinski definition) is 4. The molecule has 1 N–H and O–H groups in total. The van der Waals surface area contributed by atoms with Gasteiger partial charge in [0.25, 0.3) is 0 Å². The maximum atomic E-state index is 13.1. The maximum absolute atomic E-state index is 13.1. The Hall–Kier alpha value is -1.93. The molecule has 1 aromatic rings. The first-order chi connectivity index (χ1) is 15.1. The monoisotopic (exact) mass is 463 g/mol. The average molecular weight is 464 g/mol. The zero-order valence-electron chi connectivity index (χ0n) is 19.8. The van der Waals surface area contributed by atoms with Crippen LogP contribution in [0, 0.1) is 25.7 Å². The van der Waals surface area contributed by atoms with Crippen molar-refractivity contribution in [3.8, 4) is 0 Å². The third-order valence-electron chi connectivity index (χ3n) is 7.17. The van der Waals surface area contributed by atoms with E-state index in [0.29, 0.717) is 29.8 Å². The molecule has 2 amide bonds. The molecule has 0 unspecified atom stereocenters. The van der Waals surface area contributed by atoms with Crippen LogP contribution in [0.5, 0.6) is 0 Å². The van der Waals surface area contributed by atoms with Gasteiger partial charge in [-0.3, -0.25) is 9.59 Å². The summed E-state index contributed by atoms with van der Waals surface area (Å²) < 4.78 is 27.6. The number of nitrogens with zero attached hydrogens (tertiary/aromatic N) is 2. The highest BCUT2D eigenvalue weighted by Crippen LogP contribution is 2.29. The first-order valence-corrected chi connectivity index (χ1v) is 13.2. The molecule has 0 spiro atoms. The first-order valence-electron chi connectivity index (χ1n) is 11.7. The molecule has 1 heterocycles. The molecule has 178 valence electrons. The van der Waals surface area contributed by atoms with E-state index in [4.69, 9.17) is 0 Å². The van der Waals surface area contributed by atoms with Crippen LogP contribution >= 0.6 is 0 Å². The number of hydrogen-bond donors (Lipinski definition) is 1. The van der Waals surface area contributed by atoms with Gasteiger partial charge in [0.05, 0.1) is 4.90 Å². The minimum absolute atomic E-state index is 0.0690. The quantitative estimate of drug-likeness (QED) is 0.703. The molecule has 1 aromatic carbocycles. The number of benzene rings is 1. The Kier molecular flexibility index (Phi) is 7.98. The van der Waals surface area contributed by atoms with Crippen molar-refractivity contribution in [3.05, 3.63) is 29.3 Å². The van der Waals surface area contributed by atoms with Crippen LogP contribution in [0.1, 0.15) is 57.1 Å². The van der Waals surface area contributed by atoms with E-state index in [1.165, 1.54) is 10.7 Å². The van der Waals surface area contributed by atoms with Crippen LogP contribution in [-0.2, 0) is 19.6 Å². The molecule has 32 heavy (non-hydrogen) atoms. The Morgan fingerprint density at radius 3 is 2.41 bits per heavy atom. The van der Waals surface area contributed by atoms with Crippen molar-refractivity contribution in [3.63, 3.8) is 0 Å². The fraction of sp³-hybridized carbons (Fsp3) is 0.667. The van der Waals surface area contributed by atoms with Crippen LogP contribution in [0.4, 0.5) is 0 Å². The average Bonchev–Trinajstić information content (AvgIpc) is 2.77. The van der Waals surface area contributed by atoms with Crippen molar-refractivity contribution < 1.29 is 18.0 Å². The van der Waals surface area contributed by atoms with Crippen LogP contribution in [0.2, 0.25) is 0 Å². The lowest BCUT2D eigenvalue weighted by Crippen LogP contribution is -2.50. The highest BCUT2D eigenvalue weighted by atomic mass is 32.2. The van der Waals surface area contributed by atoms with Gasteiger partial charge in [-0.1, -0.05) is 38.8 Å². The third-order valence-corrected chi connectivity index (χ3v) is 9.21. The summed E-state index contributed by atoms with van der Waals surface area (Å²) in [5.74, 6) is 0.900. The number of sulfonamides is 1. The molecule has 0 bridgehead atoms. The van der Waals surface area contributed by atoms with Crippen LogP contribution in [-0.4, -0.2) is 61.7 Å². The van der Waals surface area contributed by atoms with Gasteiger partial charge in [-0.2, -0.15) is 4.31 Å². The summed E-state index contributed by atoms with van der Waals surface area (Å²) >= 11 is 0. The number of carbonyl (C=O) groups is 2. The molecule has 1 saturated carbocycles. The van der Waals surface area contributed by atoms with Gasteiger partial charge in [-0.15, -0.1) is 0 Å². The normalized spacial score (nSPS) is 24.9. The van der Waals surface area contributed by atoms with Crippen LogP contribution < -0.4 is 5.32 Å². The Morgan fingerprint density at radius 1 is 1.03 bits per heavy atom. The molecule has 1 aliphatic carbocycles. The molecule has 8 heteroatoms. The topological polar surface area (TPSA) is 86.8 Å². The highest BCUT2D eigenvalue weighted by Gasteiger charge is 2.32. The summed E-state index contributed by atoms with van der Waals surface area (Å²) in [4.78, 5) is 27.0. The lowest BCUT2D eigenvalue weighted by molar-refractivity contribution is -0.134. The van der Waals surface area contributed by atoms with E-state index < -0.39 is 10.0 Å². The fourth-order valence-electron chi connectivity index (χ4n) is 4.75. The van der Waals surface area contributed by atoms with Crippen LogP contribution in [0.15, 0.2) is 23.1 Å². The number of carbonyl (C=O) groups excluding carboxylic acids is 2. The summed E-state index contributed by atoms with van der Waals surface area (Å²) in [5, 5.41) is 3.12. The second-order valence-corrected chi connectivity index (χ2v) is 11.4. The molecule has 2 aliphatic rings. The predicted molar refractivity (Wildman–Crippen MR) is 125 cm³/mol. The van der Waals surface area contributed by atoms with E-state index in [1.54, 1.807) is 17.9 Å². The van der Waals surface area contributed by atoms with E-state index in [2.05, 4.69) is 19.2 Å². The number of aryl methyl sites for hydroxylation is 2. The molecule has 0 aromatic heterocycles. The Balaban J connectivity index is 1.48. The Morgan fingerprint density at radius 2 is 1.72 bits per heavy atom. The molecular weight excluding hydrogens is 426 g/mol. The minimum atomic E-state index is -3.59. The summed E-state index contributed by atoms with van der Waals surface area (Å²) in [6, 6.07) is 5.62. The van der Waals surface area contributed by atoms with Gasteiger partial charge in [0, 0.05) is 45.1 Å². The van der Waals surface area contributed by atoms with Crippen molar-refractivity contribution in [1.82, 2.24) is 14.5 Å². The van der Waals surface area contributed by atoms with Crippen molar-refractivity contribution in [2.24, 2.45) is 11.8 Å². The van der Waals surface area contributed by atoms with E-state index >= 15 is 0 Å². The zero-order valence-corrected chi connectivity index (χ0v) is 20.6. The lowest BCUT2D eigenvalue weighted by atomic mass is 9.78. The van der Waals surface area contributed by atoms with Gasteiger partial charge in [0.15, 0.2) is 0 Å². The number of rotatable bonds is 6. The SMILES string of the molecule is Cc1ccc(C)c(S(=O)(=O)N2CCN(C(=O)CCC(=O)N[C@@H]3CCC[C@H](C)[C@@H]3C)CC2)c1. The van der Waals surface area contributed by atoms with E-state index in [-0.39, 0.29) is 43.8 Å².